The van der Waals surface area contributed by atoms with Crippen LogP contribution in [0.5, 0.6) is 0 Å². The first kappa shape index (κ1) is 15.8. The maximum atomic E-state index is 12.8. The molecule has 0 aliphatic rings. The van der Waals surface area contributed by atoms with Crippen LogP contribution in [0.15, 0.2) is 88.1 Å². The van der Waals surface area contributed by atoms with Crippen molar-refractivity contribution in [3.05, 3.63) is 111 Å². The SMILES string of the molecule is O=c1[nH]c2cccc(Br)c2nc1C(c1ccccc1)c1ccccc1. The minimum atomic E-state index is -0.220. The quantitative estimate of drug-likeness (QED) is 0.542. The predicted octanol–water partition coefficient (Wildman–Crippen LogP) is 4.87. The molecule has 0 fully saturated rings. The fraction of sp³-hybridized carbons (Fsp3) is 0.0476. The van der Waals surface area contributed by atoms with Gasteiger partial charge in [-0.15, -0.1) is 0 Å². The number of nitrogens with zero attached hydrogens (tertiary/aromatic N) is 1. The zero-order chi connectivity index (χ0) is 17.2. The van der Waals surface area contributed by atoms with Gasteiger partial charge < -0.3 is 4.98 Å². The number of para-hydroxylation sites is 1. The van der Waals surface area contributed by atoms with Gasteiger partial charge >= 0.3 is 0 Å². The summed E-state index contributed by atoms with van der Waals surface area (Å²) in [7, 11) is 0. The van der Waals surface area contributed by atoms with Crippen molar-refractivity contribution >= 4 is 27.0 Å². The van der Waals surface area contributed by atoms with Gasteiger partial charge in [-0.05, 0) is 39.2 Å². The highest BCUT2D eigenvalue weighted by Crippen LogP contribution is 2.30. The van der Waals surface area contributed by atoms with E-state index in [4.69, 9.17) is 4.98 Å². The Balaban J connectivity index is 2.00. The summed E-state index contributed by atoms with van der Waals surface area (Å²) in [5.74, 6) is -0.220. The lowest BCUT2D eigenvalue weighted by Crippen LogP contribution is -2.20. The molecule has 4 aromatic rings. The van der Waals surface area contributed by atoms with Crippen molar-refractivity contribution in [2.24, 2.45) is 0 Å². The number of aromatic amines is 1. The first-order valence-corrected chi connectivity index (χ1v) is 8.81. The third-order valence-electron chi connectivity index (χ3n) is 4.24. The second-order valence-electron chi connectivity index (χ2n) is 5.84. The monoisotopic (exact) mass is 390 g/mol. The summed E-state index contributed by atoms with van der Waals surface area (Å²) >= 11 is 3.53. The second kappa shape index (κ2) is 6.65. The average Bonchev–Trinajstić information content (AvgIpc) is 2.65. The number of aromatic nitrogens is 2. The molecule has 0 amide bonds. The van der Waals surface area contributed by atoms with Crippen molar-refractivity contribution in [2.45, 2.75) is 5.92 Å². The molecule has 0 spiro atoms. The molecule has 122 valence electrons. The Morgan fingerprint density at radius 2 is 1.40 bits per heavy atom. The van der Waals surface area contributed by atoms with E-state index in [0.717, 1.165) is 26.6 Å². The summed E-state index contributed by atoms with van der Waals surface area (Å²) in [6, 6.07) is 25.7. The van der Waals surface area contributed by atoms with Crippen LogP contribution in [0.4, 0.5) is 0 Å². The minimum Gasteiger partial charge on any atom is -0.319 e. The summed E-state index contributed by atoms with van der Waals surface area (Å²) in [4.78, 5) is 20.5. The van der Waals surface area contributed by atoms with Crippen molar-refractivity contribution in [3.8, 4) is 0 Å². The van der Waals surface area contributed by atoms with Crippen molar-refractivity contribution in [2.75, 3.05) is 0 Å². The van der Waals surface area contributed by atoms with Gasteiger partial charge in [-0.1, -0.05) is 66.7 Å². The van der Waals surface area contributed by atoms with Gasteiger partial charge in [-0.3, -0.25) is 4.79 Å². The standard InChI is InChI=1S/C21H15BrN2O/c22-16-12-7-13-17-19(16)24-20(21(25)23-17)18(14-8-3-1-4-9-14)15-10-5-2-6-11-15/h1-13,18H,(H,23,25). The van der Waals surface area contributed by atoms with Gasteiger partial charge in [-0.25, -0.2) is 4.98 Å². The topological polar surface area (TPSA) is 45.8 Å². The Kier molecular flexibility index (Phi) is 4.20. The van der Waals surface area contributed by atoms with Crippen LogP contribution >= 0.6 is 15.9 Å². The van der Waals surface area contributed by atoms with Gasteiger partial charge in [0.2, 0.25) is 0 Å². The van der Waals surface area contributed by atoms with Crippen LogP contribution in [0.25, 0.3) is 11.0 Å². The molecule has 1 N–H and O–H groups in total. The third kappa shape index (κ3) is 3.01. The fourth-order valence-electron chi connectivity index (χ4n) is 3.08. The second-order valence-corrected chi connectivity index (χ2v) is 6.70. The number of fused-ring (bicyclic) bond motifs is 1. The van der Waals surface area contributed by atoms with E-state index < -0.39 is 0 Å². The Hall–Kier alpha value is -2.72. The van der Waals surface area contributed by atoms with Gasteiger partial charge in [0.15, 0.2) is 0 Å². The number of hydrogen-bond acceptors (Lipinski definition) is 2. The Morgan fingerprint density at radius 3 is 2.00 bits per heavy atom. The molecule has 25 heavy (non-hydrogen) atoms. The molecule has 3 nitrogen and oxygen atoms in total. The van der Waals surface area contributed by atoms with Crippen LogP contribution < -0.4 is 5.56 Å². The number of halogens is 1. The molecule has 0 unspecified atom stereocenters. The van der Waals surface area contributed by atoms with Crippen LogP contribution in [0, 0.1) is 0 Å². The molecule has 0 aliphatic carbocycles. The average molecular weight is 391 g/mol. The maximum absolute atomic E-state index is 12.8. The summed E-state index contributed by atoms with van der Waals surface area (Å²) < 4.78 is 0.863. The van der Waals surface area contributed by atoms with Gasteiger partial charge in [0, 0.05) is 4.47 Å². The van der Waals surface area contributed by atoms with Crippen molar-refractivity contribution in [3.63, 3.8) is 0 Å². The lowest BCUT2D eigenvalue weighted by Gasteiger charge is -2.17. The summed E-state index contributed by atoms with van der Waals surface area (Å²) in [6.07, 6.45) is 0. The Bertz CT molecular complexity index is 1040. The number of H-pyrrole nitrogens is 1. The zero-order valence-electron chi connectivity index (χ0n) is 13.3. The van der Waals surface area contributed by atoms with E-state index in [1.807, 2.05) is 78.9 Å². The van der Waals surface area contributed by atoms with Gasteiger partial charge in [0.1, 0.15) is 11.2 Å². The summed E-state index contributed by atoms with van der Waals surface area (Å²) in [6.45, 7) is 0. The lowest BCUT2D eigenvalue weighted by atomic mass is 9.88. The van der Waals surface area contributed by atoms with Crippen LogP contribution in [0.1, 0.15) is 22.7 Å². The fourth-order valence-corrected chi connectivity index (χ4v) is 3.54. The van der Waals surface area contributed by atoms with E-state index in [1.165, 1.54) is 0 Å². The molecule has 0 bridgehead atoms. The molecule has 1 heterocycles. The molecule has 0 saturated heterocycles. The number of nitrogens with one attached hydrogen (secondary N) is 1. The molecule has 4 heteroatoms. The van der Waals surface area contributed by atoms with E-state index in [0.29, 0.717) is 5.69 Å². The largest absolute Gasteiger partial charge is 0.319 e. The molecule has 3 aromatic carbocycles. The van der Waals surface area contributed by atoms with Crippen LogP contribution in [0.3, 0.4) is 0 Å². The van der Waals surface area contributed by atoms with Gasteiger partial charge in [-0.2, -0.15) is 0 Å². The molecule has 4 rings (SSSR count). The van der Waals surface area contributed by atoms with Gasteiger partial charge in [0.25, 0.3) is 5.56 Å². The first-order valence-electron chi connectivity index (χ1n) is 8.02. The molecular formula is C21H15BrN2O. The minimum absolute atomic E-state index is 0.164. The molecule has 0 atom stereocenters. The maximum Gasteiger partial charge on any atom is 0.271 e. The van der Waals surface area contributed by atoms with Crippen molar-refractivity contribution in [1.29, 1.82) is 0 Å². The Morgan fingerprint density at radius 1 is 0.800 bits per heavy atom. The van der Waals surface area contributed by atoms with Crippen LogP contribution in [-0.4, -0.2) is 9.97 Å². The third-order valence-corrected chi connectivity index (χ3v) is 4.88. The number of rotatable bonds is 3. The summed E-state index contributed by atoms with van der Waals surface area (Å²) in [5, 5.41) is 0. The van der Waals surface area contributed by atoms with Crippen molar-refractivity contribution in [1.82, 2.24) is 9.97 Å². The highest BCUT2D eigenvalue weighted by atomic mass is 79.9. The molecular weight excluding hydrogens is 376 g/mol. The number of hydrogen-bond donors (Lipinski definition) is 1. The van der Waals surface area contributed by atoms with E-state index in [-0.39, 0.29) is 11.5 Å². The molecule has 0 aliphatic heterocycles. The first-order chi connectivity index (χ1) is 12.2. The van der Waals surface area contributed by atoms with Gasteiger partial charge in [0.05, 0.1) is 11.4 Å². The highest BCUT2D eigenvalue weighted by Gasteiger charge is 2.22. The lowest BCUT2D eigenvalue weighted by molar-refractivity contribution is 0.896. The van der Waals surface area contributed by atoms with E-state index in [9.17, 15) is 4.79 Å². The molecule has 0 radical (unpaired) electrons. The van der Waals surface area contributed by atoms with E-state index >= 15 is 0 Å². The molecule has 1 aromatic heterocycles. The van der Waals surface area contributed by atoms with Crippen molar-refractivity contribution < 1.29 is 0 Å². The Labute approximate surface area is 153 Å². The highest BCUT2D eigenvalue weighted by molar-refractivity contribution is 9.10. The van der Waals surface area contributed by atoms with E-state index in [2.05, 4.69) is 20.9 Å². The van der Waals surface area contributed by atoms with E-state index in [1.54, 1.807) is 0 Å². The normalized spacial score (nSPS) is 11.1. The molecule has 0 saturated carbocycles. The van der Waals surface area contributed by atoms with Crippen LogP contribution in [0.2, 0.25) is 0 Å². The number of benzene rings is 3. The smallest absolute Gasteiger partial charge is 0.271 e. The van der Waals surface area contributed by atoms with Crippen LogP contribution in [-0.2, 0) is 0 Å². The summed E-state index contributed by atoms with van der Waals surface area (Å²) in [5.41, 5.74) is 3.90. The zero-order valence-corrected chi connectivity index (χ0v) is 14.9. The predicted molar refractivity (Wildman–Crippen MR) is 104 cm³/mol.